The summed E-state index contributed by atoms with van der Waals surface area (Å²) in [5.41, 5.74) is 8.41. The molecule has 0 aliphatic carbocycles. The zero-order chi connectivity index (χ0) is 37.3. The second-order valence-corrected chi connectivity index (χ2v) is 12.7. The number of aryl methyl sites for hydroxylation is 2. The number of H-pyrrole nitrogens is 1. The average molecular weight is 712 g/mol. The van der Waals surface area contributed by atoms with Crippen LogP contribution in [0.4, 0.5) is 17.1 Å². The maximum Gasteiger partial charge on any atom is 0.365 e. The highest BCUT2D eigenvalue weighted by molar-refractivity contribution is 6.03. The summed E-state index contributed by atoms with van der Waals surface area (Å²) in [6.07, 6.45) is 4.98. The van der Waals surface area contributed by atoms with E-state index in [2.05, 4.69) is 73.7 Å². The van der Waals surface area contributed by atoms with Crippen molar-refractivity contribution in [1.82, 2.24) is 9.97 Å². The normalized spacial score (nSPS) is 11.7. The Balaban J connectivity index is 1.28. The Morgan fingerprint density at radius 2 is 1.22 bits per heavy atom. The van der Waals surface area contributed by atoms with E-state index in [1.807, 2.05) is 61.7 Å². The van der Waals surface area contributed by atoms with Gasteiger partial charge in [-0.1, -0.05) is 95.2 Å². The predicted octanol–water partition coefficient (Wildman–Crippen LogP) is 9.98. The second kappa shape index (κ2) is 16.5. The maximum atomic E-state index is 12.8. The minimum atomic E-state index is -0.531. The molecule has 0 spiro atoms. The monoisotopic (exact) mass is 711 g/mol. The molecule has 7 aromatic rings. The number of benzene rings is 6. The molecule has 9 heteroatoms. The first kappa shape index (κ1) is 35.3. The Bertz CT molecular complexity index is 2440. The van der Waals surface area contributed by atoms with Crippen molar-refractivity contribution in [3.05, 3.63) is 192 Å². The van der Waals surface area contributed by atoms with Gasteiger partial charge in [-0.05, 0) is 104 Å². The molecular formula is C45H37N5O4. The molecule has 9 nitrogen and oxygen atoms in total. The molecule has 1 aromatic heterocycles. The number of hydrogen-bond acceptors (Lipinski definition) is 8. The van der Waals surface area contributed by atoms with Crippen LogP contribution < -0.4 is 4.90 Å². The molecule has 0 aliphatic rings. The lowest BCUT2D eigenvalue weighted by Crippen LogP contribution is -2.13. The standard InChI is InChI=1S/C45H37N5O4/c1-31(48-53-44(51)36-13-5-3-6-14-36)34-21-24-40(25-22-34)50(43-19-11-17-35-12-9-10-18-42(35)43)41-27-33(20-23-39-29-46-30-47-39)26-38(28-41)32(2)49-54-45(52)37-15-7-4-8-16-37/h3-19,21-22,24-30H,20,23H2,1-2H3,(H,46,47)/b48-31-,49-32-. The van der Waals surface area contributed by atoms with Crippen LogP contribution in [0.15, 0.2) is 168 Å². The molecule has 0 saturated carbocycles. The van der Waals surface area contributed by atoms with E-state index < -0.39 is 11.9 Å². The van der Waals surface area contributed by atoms with Crippen molar-refractivity contribution in [3.8, 4) is 0 Å². The van der Waals surface area contributed by atoms with E-state index in [1.54, 1.807) is 61.8 Å². The molecule has 0 saturated heterocycles. The summed E-state index contributed by atoms with van der Waals surface area (Å²) in [5, 5.41) is 10.6. The van der Waals surface area contributed by atoms with Gasteiger partial charge in [0.1, 0.15) is 0 Å². The summed E-state index contributed by atoms with van der Waals surface area (Å²) in [5.74, 6) is -1.05. The molecule has 0 unspecified atom stereocenters. The van der Waals surface area contributed by atoms with E-state index in [9.17, 15) is 9.59 Å². The molecule has 0 atom stereocenters. The molecule has 0 radical (unpaired) electrons. The highest BCUT2D eigenvalue weighted by Crippen LogP contribution is 2.40. The molecule has 1 heterocycles. The van der Waals surface area contributed by atoms with Crippen LogP contribution in [0.2, 0.25) is 0 Å². The molecular weight excluding hydrogens is 675 g/mol. The lowest BCUT2D eigenvalue weighted by Gasteiger charge is -2.28. The van der Waals surface area contributed by atoms with Gasteiger partial charge in [-0.25, -0.2) is 14.6 Å². The van der Waals surface area contributed by atoms with Crippen molar-refractivity contribution in [1.29, 1.82) is 0 Å². The fraction of sp³-hybridized carbons (Fsp3) is 0.0889. The molecule has 0 amide bonds. The summed E-state index contributed by atoms with van der Waals surface area (Å²) in [6, 6.07) is 46.4. The van der Waals surface area contributed by atoms with Crippen molar-refractivity contribution in [3.63, 3.8) is 0 Å². The van der Waals surface area contributed by atoms with Gasteiger partial charge in [-0.15, -0.1) is 0 Å². The number of rotatable bonds is 12. The fourth-order valence-electron chi connectivity index (χ4n) is 6.12. The van der Waals surface area contributed by atoms with Crippen molar-refractivity contribution in [2.75, 3.05) is 4.90 Å². The van der Waals surface area contributed by atoms with E-state index >= 15 is 0 Å². The summed E-state index contributed by atoms with van der Waals surface area (Å²) >= 11 is 0. The minimum absolute atomic E-state index is 0.420. The largest absolute Gasteiger partial charge is 0.365 e. The summed E-state index contributed by atoms with van der Waals surface area (Å²) in [6.45, 7) is 3.64. The third-order valence-corrected chi connectivity index (χ3v) is 8.99. The number of aromatic nitrogens is 2. The van der Waals surface area contributed by atoms with Gasteiger partial charge in [0.25, 0.3) is 0 Å². The molecule has 0 fully saturated rings. The van der Waals surface area contributed by atoms with E-state index in [-0.39, 0.29) is 0 Å². The van der Waals surface area contributed by atoms with Gasteiger partial charge in [-0.2, -0.15) is 0 Å². The van der Waals surface area contributed by atoms with Gasteiger partial charge in [0.2, 0.25) is 0 Å². The first-order valence-corrected chi connectivity index (χ1v) is 17.5. The van der Waals surface area contributed by atoms with E-state index in [0.717, 1.165) is 63.1 Å². The van der Waals surface area contributed by atoms with Crippen LogP contribution in [0.1, 0.15) is 56.9 Å². The highest BCUT2D eigenvalue weighted by atomic mass is 16.7. The Morgan fingerprint density at radius 1 is 0.611 bits per heavy atom. The van der Waals surface area contributed by atoms with Gasteiger partial charge in [0.15, 0.2) is 0 Å². The average Bonchev–Trinajstić information content (AvgIpc) is 3.76. The van der Waals surface area contributed by atoms with Crippen molar-refractivity contribution in [2.45, 2.75) is 26.7 Å². The molecule has 6 aromatic carbocycles. The van der Waals surface area contributed by atoms with Crippen LogP contribution in [-0.2, 0) is 22.5 Å². The van der Waals surface area contributed by atoms with E-state index in [4.69, 9.17) is 9.68 Å². The number of oxime groups is 2. The van der Waals surface area contributed by atoms with E-state index in [0.29, 0.717) is 22.6 Å². The molecule has 1 N–H and O–H groups in total. The second-order valence-electron chi connectivity index (χ2n) is 12.7. The Hall–Kier alpha value is -7.13. The molecule has 266 valence electrons. The zero-order valence-corrected chi connectivity index (χ0v) is 29.8. The smallest absolute Gasteiger partial charge is 0.348 e. The number of carbonyl (C=O) groups excluding carboxylic acids is 2. The molecule has 7 rings (SSSR count). The zero-order valence-electron chi connectivity index (χ0n) is 29.8. The van der Waals surface area contributed by atoms with Crippen LogP contribution in [-0.4, -0.2) is 33.3 Å². The van der Waals surface area contributed by atoms with Crippen molar-refractivity contribution >= 4 is 51.2 Å². The lowest BCUT2D eigenvalue weighted by molar-refractivity contribution is 0.0508. The third-order valence-electron chi connectivity index (χ3n) is 8.99. The van der Waals surface area contributed by atoms with Crippen LogP contribution in [0.5, 0.6) is 0 Å². The molecule has 0 aliphatic heterocycles. The molecule has 0 bridgehead atoms. The van der Waals surface area contributed by atoms with Crippen LogP contribution in [0.25, 0.3) is 10.8 Å². The van der Waals surface area contributed by atoms with Crippen molar-refractivity contribution in [2.24, 2.45) is 10.3 Å². The fourth-order valence-corrected chi connectivity index (χ4v) is 6.12. The SMILES string of the molecule is C/C(=N/OC(=O)c1ccccc1)c1ccc(N(c2cc(CCc3cnc[nH]3)cc(/C(C)=N\OC(=O)c3ccccc3)c2)c2cccc3ccccc23)cc1. The van der Waals surface area contributed by atoms with Gasteiger partial charge < -0.3 is 19.6 Å². The number of hydrogen-bond donors (Lipinski definition) is 1. The van der Waals surface area contributed by atoms with Gasteiger partial charge >= 0.3 is 11.9 Å². The van der Waals surface area contributed by atoms with Gasteiger partial charge in [0.05, 0.1) is 34.6 Å². The Kier molecular flexibility index (Phi) is 10.8. The number of fused-ring (bicyclic) bond motifs is 1. The quantitative estimate of drug-likeness (QED) is 0.0768. The van der Waals surface area contributed by atoms with E-state index in [1.165, 1.54) is 0 Å². The lowest BCUT2D eigenvalue weighted by atomic mass is 10.00. The number of carbonyl (C=O) groups is 2. The minimum Gasteiger partial charge on any atom is -0.348 e. The summed E-state index contributed by atoms with van der Waals surface area (Å²) in [4.78, 5) is 45.6. The summed E-state index contributed by atoms with van der Waals surface area (Å²) in [7, 11) is 0. The highest BCUT2D eigenvalue weighted by Gasteiger charge is 2.19. The van der Waals surface area contributed by atoms with Crippen LogP contribution in [0.3, 0.4) is 0 Å². The molecule has 54 heavy (non-hydrogen) atoms. The first-order valence-electron chi connectivity index (χ1n) is 17.5. The van der Waals surface area contributed by atoms with Gasteiger partial charge in [0, 0.05) is 34.2 Å². The number of anilines is 3. The Morgan fingerprint density at radius 3 is 1.87 bits per heavy atom. The third kappa shape index (κ3) is 8.32. The predicted molar refractivity (Wildman–Crippen MR) is 213 cm³/mol. The topological polar surface area (TPSA) is 109 Å². The van der Waals surface area contributed by atoms with Crippen molar-refractivity contribution < 1.29 is 19.3 Å². The Labute approximate surface area is 313 Å². The number of imidazole rings is 1. The van der Waals surface area contributed by atoms with Crippen LogP contribution in [0, 0.1) is 0 Å². The van der Waals surface area contributed by atoms with Crippen LogP contribution >= 0.6 is 0 Å². The number of aromatic amines is 1. The number of nitrogens with zero attached hydrogens (tertiary/aromatic N) is 4. The van der Waals surface area contributed by atoms with Gasteiger partial charge in [-0.3, -0.25) is 0 Å². The first-order chi connectivity index (χ1) is 26.4. The summed E-state index contributed by atoms with van der Waals surface area (Å²) < 4.78 is 0. The number of nitrogens with one attached hydrogen (secondary N) is 1. The maximum absolute atomic E-state index is 12.8.